The van der Waals surface area contributed by atoms with Crippen molar-refractivity contribution in [1.29, 1.82) is 0 Å². The third-order valence-corrected chi connectivity index (χ3v) is 2.02. The van der Waals surface area contributed by atoms with Gasteiger partial charge in [0.2, 0.25) is 0 Å². The van der Waals surface area contributed by atoms with Crippen LogP contribution >= 0.6 is 11.6 Å². The van der Waals surface area contributed by atoms with Crippen LogP contribution in [0.1, 0.15) is 18.9 Å². The minimum atomic E-state index is 0.644. The Balaban J connectivity index is 3.03. The molecule has 0 aromatic heterocycles. The van der Waals surface area contributed by atoms with Crippen molar-refractivity contribution in [3.05, 3.63) is 28.8 Å². The molecule has 1 rings (SSSR count). The minimum absolute atomic E-state index is 0.644. The van der Waals surface area contributed by atoms with E-state index in [4.69, 9.17) is 17.3 Å². The van der Waals surface area contributed by atoms with E-state index >= 15 is 0 Å². The molecule has 0 unspecified atom stereocenters. The lowest BCUT2D eigenvalue weighted by molar-refractivity contribution is 1.23. The molecule has 0 fully saturated rings. The lowest BCUT2D eigenvalue weighted by Crippen LogP contribution is -2.08. The summed E-state index contributed by atoms with van der Waals surface area (Å²) in [6.45, 7) is 3.94. The Hall–Kier alpha value is -1.02. The molecule has 0 radical (unpaired) electrons. The topological polar surface area (TPSA) is 38.4 Å². The normalized spacial score (nSPS) is 11.8. The number of aliphatic imine (C=N–C) groups is 1. The smallest absolute Gasteiger partial charge is 0.0993 e. The maximum atomic E-state index is 5.81. The van der Waals surface area contributed by atoms with Gasteiger partial charge in [-0.25, -0.2) is 4.99 Å². The Kier molecular flexibility index (Phi) is 3.32. The predicted octanol–water partition coefficient (Wildman–Crippen LogP) is 3.05. The van der Waals surface area contributed by atoms with E-state index in [1.54, 1.807) is 0 Å². The molecule has 13 heavy (non-hydrogen) atoms. The van der Waals surface area contributed by atoms with Crippen LogP contribution in [0.5, 0.6) is 0 Å². The average molecular weight is 197 g/mol. The number of hydrogen-bond acceptors (Lipinski definition) is 1. The molecule has 0 aliphatic carbocycles. The molecule has 1 aromatic rings. The first-order chi connectivity index (χ1) is 6.13. The van der Waals surface area contributed by atoms with Crippen LogP contribution in [0, 0.1) is 6.92 Å². The maximum absolute atomic E-state index is 5.81. The first kappa shape index (κ1) is 10.1. The van der Waals surface area contributed by atoms with E-state index in [0.29, 0.717) is 5.84 Å². The molecule has 0 aliphatic rings. The number of aryl methyl sites for hydroxylation is 1. The fraction of sp³-hybridized carbons (Fsp3) is 0.300. The van der Waals surface area contributed by atoms with Crippen LogP contribution in [0.3, 0.4) is 0 Å². The van der Waals surface area contributed by atoms with Gasteiger partial charge in [0, 0.05) is 11.4 Å². The van der Waals surface area contributed by atoms with E-state index in [1.165, 1.54) is 0 Å². The van der Waals surface area contributed by atoms with Crippen LogP contribution in [0.25, 0.3) is 0 Å². The van der Waals surface area contributed by atoms with Gasteiger partial charge in [0.15, 0.2) is 0 Å². The van der Waals surface area contributed by atoms with Crippen LogP contribution in [0.15, 0.2) is 23.2 Å². The number of amidine groups is 1. The molecule has 1 aromatic carbocycles. The zero-order valence-electron chi connectivity index (χ0n) is 7.84. The molecule has 0 spiro atoms. The summed E-state index contributed by atoms with van der Waals surface area (Å²) in [7, 11) is 0. The van der Waals surface area contributed by atoms with Crippen molar-refractivity contribution < 1.29 is 0 Å². The third kappa shape index (κ3) is 2.74. The van der Waals surface area contributed by atoms with E-state index in [1.807, 2.05) is 32.0 Å². The average Bonchev–Trinajstić information content (AvgIpc) is 2.09. The van der Waals surface area contributed by atoms with Gasteiger partial charge in [-0.3, -0.25) is 0 Å². The summed E-state index contributed by atoms with van der Waals surface area (Å²) < 4.78 is 0. The maximum Gasteiger partial charge on any atom is 0.0993 e. The lowest BCUT2D eigenvalue weighted by Gasteiger charge is -2.01. The monoisotopic (exact) mass is 196 g/mol. The van der Waals surface area contributed by atoms with E-state index in [2.05, 4.69) is 4.99 Å². The van der Waals surface area contributed by atoms with Crippen LogP contribution in [0.2, 0.25) is 5.02 Å². The van der Waals surface area contributed by atoms with E-state index < -0.39 is 0 Å². The van der Waals surface area contributed by atoms with Crippen molar-refractivity contribution in [2.24, 2.45) is 10.7 Å². The molecule has 0 heterocycles. The molecule has 3 heteroatoms. The molecule has 0 bridgehead atoms. The second-order valence-corrected chi connectivity index (χ2v) is 3.32. The van der Waals surface area contributed by atoms with Gasteiger partial charge in [0.05, 0.1) is 11.5 Å². The third-order valence-electron chi connectivity index (χ3n) is 1.79. The predicted molar refractivity (Wildman–Crippen MR) is 57.8 cm³/mol. The molecular weight excluding hydrogens is 184 g/mol. The summed E-state index contributed by atoms with van der Waals surface area (Å²) in [6, 6.07) is 5.57. The standard InChI is InChI=1S/C10H13ClN2/c1-3-10(12)13-9-5-4-8(11)6-7(9)2/h4-6H,3H2,1-2H3,(H2,12,13). The summed E-state index contributed by atoms with van der Waals surface area (Å²) in [5.41, 5.74) is 7.57. The van der Waals surface area contributed by atoms with Crippen molar-refractivity contribution in [2.75, 3.05) is 0 Å². The number of nitrogens with zero attached hydrogens (tertiary/aromatic N) is 1. The van der Waals surface area contributed by atoms with Gasteiger partial charge >= 0.3 is 0 Å². The number of benzene rings is 1. The minimum Gasteiger partial charge on any atom is -0.387 e. The Labute approximate surface area is 83.4 Å². The molecule has 0 saturated heterocycles. The van der Waals surface area contributed by atoms with Crippen molar-refractivity contribution in [3.63, 3.8) is 0 Å². The van der Waals surface area contributed by atoms with Gasteiger partial charge in [0.1, 0.15) is 0 Å². The van der Waals surface area contributed by atoms with Crippen molar-refractivity contribution in [2.45, 2.75) is 20.3 Å². The highest BCUT2D eigenvalue weighted by Gasteiger charge is 1.97. The van der Waals surface area contributed by atoms with Crippen molar-refractivity contribution in [1.82, 2.24) is 0 Å². The summed E-state index contributed by atoms with van der Waals surface area (Å²) in [4.78, 5) is 4.25. The molecular formula is C10H13ClN2. The van der Waals surface area contributed by atoms with Crippen molar-refractivity contribution >= 4 is 23.1 Å². The lowest BCUT2D eigenvalue weighted by atomic mass is 10.2. The highest BCUT2D eigenvalue weighted by molar-refractivity contribution is 6.30. The Bertz CT molecular complexity index is 332. The molecule has 0 aliphatic heterocycles. The summed E-state index contributed by atoms with van der Waals surface area (Å²) >= 11 is 5.81. The molecule has 2 N–H and O–H groups in total. The Morgan fingerprint density at radius 2 is 2.23 bits per heavy atom. The second kappa shape index (κ2) is 4.28. The first-order valence-corrected chi connectivity index (χ1v) is 4.60. The first-order valence-electron chi connectivity index (χ1n) is 4.22. The Morgan fingerprint density at radius 1 is 1.54 bits per heavy atom. The summed E-state index contributed by atoms with van der Waals surface area (Å²) in [5.74, 6) is 0.644. The number of nitrogens with two attached hydrogens (primary N) is 1. The highest BCUT2D eigenvalue weighted by atomic mass is 35.5. The van der Waals surface area contributed by atoms with E-state index in [0.717, 1.165) is 22.7 Å². The van der Waals surface area contributed by atoms with E-state index in [9.17, 15) is 0 Å². The number of hydrogen-bond donors (Lipinski definition) is 1. The highest BCUT2D eigenvalue weighted by Crippen LogP contribution is 2.22. The largest absolute Gasteiger partial charge is 0.387 e. The fourth-order valence-electron chi connectivity index (χ4n) is 0.978. The zero-order chi connectivity index (χ0) is 9.84. The van der Waals surface area contributed by atoms with Crippen LogP contribution in [-0.2, 0) is 0 Å². The van der Waals surface area contributed by atoms with Gasteiger partial charge in [-0.15, -0.1) is 0 Å². The van der Waals surface area contributed by atoms with Crippen LogP contribution in [-0.4, -0.2) is 5.84 Å². The van der Waals surface area contributed by atoms with Gasteiger partial charge in [-0.05, 0) is 30.7 Å². The summed E-state index contributed by atoms with van der Waals surface area (Å²) in [5, 5.41) is 0.728. The van der Waals surface area contributed by atoms with Gasteiger partial charge in [-0.1, -0.05) is 18.5 Å². The SMILES string of the molecule is CCC(N)=Nc1ccc(Cl)cc1C. The number of halogens is 1. The molecule has 0 atom stereocenters. The zero-order valence-corrected chi connectivity index (χ0v) is 8.60. The molecule has 0 saturated carbocycles. The molecule has 0 amide bonds. The second-order valence-electron chi connectivity index (χ2n) is 2.89. The van der Waals surface area contributed by atoms with Gasteiger partial charge in [0.25, 0.3) is 0 Å². The molecule has 2 nitrogen and oxygen atoms in total. The van der Waals surface area contributed by atoms with Crippen LogP contribution in [0.4, 0.5) is 5.69 Å². The van der Waals surface area contributed by atoms with Crippen LogP contribution < -0.4 is 5.73 Å². The Morgan fingerprint density at radius 3 is 2.77 bits per heavy atom. The van der Waals surface area contributed by atoms with Gasteiger partial charge in [-0.2, -0.15) is 0 Å². The molecule has 70 valence electrons. The summed E-state index contributed by atoms with van der Waals surface area (Å²) in [6.07, 6.45) is 0.766. The van der Waals surface area contributed by atoms with Gasteiger partial charge < -0.3 is 5.73 Å². The van der Waals surface area contributed by atoms with E-state index in [-0.39, 0.29) is 0 Å². The number of rotatable bonds is 2. The fourth-order valence-corrected chi connectivity index (χ4v) is 1.20. The quantitative estimate of drug-likeness (QED) is 0.573. The van der Waals surface area contributed by atoms with Crippen molar-refractivity contribution in [3.8, 4) is 0 Å².